The van der Waals surface area contributed by atoms with Crippen LogP contribution in [0.4, 0.5) is 5.69 Å². The Labute approximate surface area is 123 Å². The maximum Gasteiger partial charge on any atom is 0.0314 e. The van der Waals surface area contributed by atoms with Crippen LogP contribution in [0.1, 0.15) is 18.1 Å². The van der Waals surface area contributed by atoms with Crippen LogP contribution < -0.4 is 5.73 Å². The van der Waals surface area contributed by atoms with Gasteiger partial charge in [-0.1, -0.05) is 47.1 Å². The van der Waals surface area contributed by atoms with E-state index in [1.165, 1.54) is 11.1 Å². The van der Waals surface area contributed by atoms with Crippen molar-refractivity contribution in [1.29, 1.82) is 0 Å². The van der Waals surface area contributed by atoms with Gasteiger partial charge < -0.3 is 5.73 Å². The number of nitrogen functional groups attached to an aromatic ring is 1. The third-order valence-corrected chi connectivity index (χ3v) is 3.68. The molecular weight excluding hydrogens is 300 g/mol. The van der Waals surface area contributed by atoms with Gasteiger partial charge in [0, 0.05) is 23.2 Å². The number of benzene rings is 2. The van der Waals surface area contributed by atoms with Crippen molar-refractivity contribution in [2.75, 3.05) is 12.3 Å². The molecule has 0 amide bonds. The first-order valence-corrected chi connectivity index (χ1v) is 7.28. The number of nitrogens with two attached hydrogens (primary N) is 1. The molecule has 2 nitrogen and oxygen atoms in total. The van der Waals surface area contributed by atoms with Crippen molar-refractivity contribution in [2.24, 2.45) is 0 Å². The Balaban J connectivity index is 2.00. The highest BCUT2D eigenvalue weighted by Gasteiger charge is 2.05. The minimum absolute atomic E-state index is 0.819. The predicted molar refractivity (Wildman–Crippen MR) is 84.8 cm³/mol. The van der Waals surface area contributed by atoms with Crippen molar-refractivity contribution in [3.8, 4) is 0 Å². The monoisotopic (exact) mass is 318 g/mol. The minimum Gasteiger partial charge on any atom is -0.399 e. The molecule has 2 aromatic carbocycles. The lowest BCUT2D eigenvalue weighted by Crippen LogP contribution is -2.22. The van der Waals surface area contributed by atoms with Gasteiger partial charge >= 0.3 is 0 Å². The number of halogens is 1. The van der Waals surface area contributed by atoms with Crippen molar-refractivity contribution in [2.45, 2.75) is 20.0 Å². The predicted octanol–water partition coefficient (Wildman–Crippen LogP) is 4.05. The van der Waals surface area contributed by atoms with Gasteiger partial charge in [0.15, 0.2) is 0 Å². The first kappa shape index (κ1) is 14.1. The van der Waals surface area contributed by atoms with E-state index in [4.69, 9.17) is 5.73 Å². The molecule has 100 valence electrons. The van der Waals surface area contributed by atoms with Gasteiger partial charge in [0.2, 0.25) is 0 Å². The third kappa shape index (κ3) is 4.37. The van der Waals surface area contributed by atoms with Crippen molar-refractivity contribution >= 4 is 21.6 Å². The number of anilines is 1. The molecular formula is C16H19BrN2. The molecule has 0 fully saturated rings. The Morgan fingerprint density at radius 2 is 1.37 bits per heavy atom. The Kier molecular flexibility index (Phi) is 5.00. The van der Waals surface area contributed by atoms with Gasteiger partial charge in [0.1, 0.15) is 0 Å². The summed E-state index contributed by atoms with van der Waals surface area (Å²) in [5.41, 5.74) is 9.16. The van der Waals surface area contributed by atoms with Crippen LogP contribution in [0.15, 0.2) is 53.0 Å². The number of hydrogen-bond donors (Lipinski definition) is 1. The smallest absolute Gasteiger partial charge is 0.0314 e. The van der Waals surface area contributed by atoms with Crippen LogP contribution in [0.2, 0.25) is 0 Å². The molecule has 0 aliphatic carbocycles. The molecule has 0 bridgehead atoms. The van der Waals surface area contributed by atoms with E-state index in [0.717, 1.165) is 29.8 Å². The van der Waals surface area contributed by atoms with E-state index in [2.05, 4.69) is 64.2 Å². The van der Waals surface area contributed by atoms with E-state index in [-0.39, 0.29) is 0 Å². The molecule has 0 saturated carbocycles. The SMILES string of the molecule is CCN(Cc1ccc(N)cc1)Cc1ccc(Br)cc1. The zero-order valence-corrected chi connectivity index (χ0v) is 12.7. The van der Waals surface area contributed by atoms with Gasteiger partial charge in [-0.05, 0) is 41.9 Å². The maximum atomic E-state index is 5.71. The first-order chi connectivity index (χ1) is 9.17. The molecule has 0 heterocycles. The summed E-state index contributed by atoms with van der Waals surface area (Å²) >= 11 is 3.46. The van der Waals surface area contributed by atoms with Crippen LogP contribution >= 0.6 is 15.9 Å². The normalized spacial score (nSPS) is 10.9. The van der Waals surface area contributed by atoms with Crippen LogP contribution in [0.3, 0.4) is 0 Å². The van der Waals surface area contributed by atoms with E-state index in [1.54, 1.807) is 0 Å². The molecule has 0 aliphatic heterocycles. The average Bonchev–Trinajstić information content (AvgIpc) is 2.43. The molecule has 0 saturated heterocycles. The second kappa shape index (κ2) is 6.73. The standard InChI is InChI=1S/C16H19BrN2/c1-2-19(11-13-3-7-15(17)8-4-13)12-14-5-9-16(18)10-6-14/h3-10H,2,11-12,18H2,1H3. The maximum absolute atomic E-state index is 5.71. The Bertz CT molecular complexity index is 458. The van der Waals surface area contributed by atoms with Gasteiger partial charge in [0.05, 0.1) is 0 Å². The lowest BCUT2D eigenvalue weighted by molar-refractivity contribution is 0.271. The number of hydrogen-bond acceptors (Lipinski definition) is 2. The van der Waals surface area contributed by atoms with E-state index in [0.29, 0.717) is 0 Å². The first-order valence-electron chi connectivity index (χ1n) is 6.48. The second-order valence-electron chi connectivity index (χ2n) is 4.67. The fraction of sp³-hybridized carbons (Fsp3) is 0.250. The lowest BCUT2D eigenvalue weighted by atomic mass is 10.1. The van der Waals surface area contributed by atoms with Crippen LogP contribution in [0.5, 0.6) is 0 Å². The van der Waals surface area contributed by atoms with E-state index < -0.39 is 0 Å². The van der Waals surface area contributed by atoms with Gasteiger partial charge in [-0.3, -0.25) is 4.90 Å². The molecule has 19 heavy (non-hydrogen) atoms. The van der Waals surface area contributed by atoms with Crippen LogP contribution in [-0.4, -0.2) is 11.4 Å². The van der Waals surface area contributed by atoms with Crippen LogP contribution in [0, 0.1) is 0 Å². The van der Waals surface area contributed by atoms with Crippen molar-refractivity contribution < 1.29 is 0 Å². The molecule has 3 heteroatoms. The number of nitrogens with zero attached hydrogens (tertiary/aromatic N) is 1. The van der Waals surface area contributed by atoms with Crippen LogP contribution in [-0.2, 0) is 13.1 Å². The van der Waals surface area contributed by atoms with Crippen molar-refractivity contribution in [3.63, 3.8) is 0 Å². The highest BCUT2D eigenvalue weighted by atomic mass is 79.9. The molecule has 0 unspecified atom stereocenters. The minimum atomic E-state index is 0.819. The quantitative estimate of drug-likeness (QED) is 0.842. The summed E-state index contributed by atoms with van der Waals surface area (Å²) in [7, 11) is 0. The largest absolute Gasteiger partial charge is 0.399 e. The van der Waals surface area contributed by atoms with Gasteiger partial charge in [-0.15, -0.1) is 0 Å². The highest BCUT2D eigenvalue weighted by molar-refractivity contribution is 9.10. The fourth-order valence-corrected chi connectivity index (χ4v) is 2.27. The molecule has 2 N–H and O–H groups in total. The summed E-state index contributed by atoms with van der Waals surface area (Å²) in [5.74, 6) is 0. The second-order valence-corrected chi connectivity index (χ2v) is 5.59. The summed E-state index contributed by atoms with van der Waals surface area (Å²) in [4.78, 5) is 2.41. The van der Waals surface area contributed by atoms with Gasteiger partial charge in [-0.2, -0.15) is 0 Å². The topological polar surface area (TPSA) is 29.3 Å². The molecule has 0 radical (unpaired) electrons. The Morgan fingerprint density at radius 3 is 1.84 bits per heavy atom. The average molecular weight is 319 g/mol. The summed E-state index contributed by atoms with van der Waals surface area (Å²) in [6, 6.07) is 16.6. The zero-order chi connectivity index (χ0) is 13.7. The summed E-state index contributed by atoms with van der Waals surface area (Å²) in [6.07, 6.45) is 0. The van der Waals surface area contributed by atoms with E-state index >= 15 is 0 Å². The Morgan fingerprint density at radius 1 is 0.895 bits per heavy atom. The van der Waals surface area contributed by atoms with Crippen molar-refractivity contribution in [1.82, 2.24) is 4.90 Å². The Hall–Kier alpha value is -1.32. The van der Waals surface area contributed by atoms with E-state index in [1.807, 2.05) is 12.1 Å². The molecule has 0 atom stereocenters. The van der Waals surface area contributed by atoms with Gasteiger partial charge in [-0.25, -0.2) is 0 Å². The third-order valence-electron chi connectivity index (χ3n) is 3.15. The van der Waals surface area contributed by atoms with Crippen LogP contribution in [0.25, 0.3) is 0 Å². The fourth-order valence-electron chi connectivity index (χ4n) is 2.01. The zero-order valence-electron chi connectivity index (χ0n) is 11.1. The number of rotatable bonds is 5. The lowest BCUT2D eigenvalue weighted by Gasteiger charge is -2.20. The van der Waals surface area contributed by atoms with E-state index in [9.17, 15) is 0 Å². The van der Waals surface area contributed by atoms with Gasteiger partial charge in [0.25, 0.3) is 0 Å². The summed E-state index contributed by atoms with van der Waals surface area (Å²) < 4.78 is 1.12. The molecule has 0 aromatic heterocycles. The molecule has 2 rings (SSSR count). The molecule has 0 aliphatic rings. The summed E-state index contributed by atoms with van der Waals surface area (Å²) in [5, 5.41) is 0. The summed E-state index contributed by atoms with van der Waals surface area (Å²) in [6.45, 7) is 5.14. The van der Waals surface area contributed by atoms with Crippen molar-refractivity contribution in [3.05, 3.63) is 64.1 Å². The highest BCUT2D eigenvalue weighted by Crippen LogP contribution is 2.14. The molecule has 2 aromatic rings. The molecule has 0 spiro atoms.